The third-order valence-corrected chi connectivity index (χ3v) is 15.1. The minimum atomic E-state index is -1.07. The van der Waals surface area contributed by atoms with Crippen LogP contribution in [0.5, 0.6) is 0 Å². The number of nitrogens with zero attached hydrogens (tertiary/aromatic N) is 6. The first-order chi connectivity index (χ1) is 34.0. The average molecular weight is 985 g/mol. The number of methoxy groups -OCH3 is 1. The fourth-order valence-electron chi connectivity index (χ4n) is 10.4. The highest BCUT2D eigenvalue weighted by Crippen LogP contribution is 2.42. The summed E-state index contributed by atoms with van der Waals surface area (Å²) >= 11 is 0. The fraction of sp³-hybridized carbons (Fsp3) is 0.544. The highest BCUT2D eigenvalue weighted by atomic mass is 16.5. The number of benzene rings is 2. The van der Waals surface area contributed by atoms with E-state index in [2.05, 4.69) is 84.3 Å². The summed E-state index contributed by atoms with van der Waals surface area (Å²) in [5.74, 6) is 2.85. The second kappa shape index (κ2) is 22.0. The maximum Gasteiger partial charge on any atom is 0.324 e. The van der Waals surface area contributed by atoms with Crippen LogP contribution in [0, 0.1) is 35.0 Å². The van der Waals surface area contributed by atoms with E-state index in [1.807, 2.05) is 78.7 Å². The number of likely N-dealkylation sites (N-methyl/N-ethyl adjacent to an activating group) is 1. The molecule has 0 aliphatic carbocycles. The zero-order chi connectivity index (χ0) is 52.4. The summed E-state index contributed by atoms with van der Waals surface area (Å²) in [6.07, 6.45) is 3.26. The van der Waals surface area contributed by atoms with Gasteiger partial charge in [0.25, 0.3) is 11.8 Å². The number of hydrogen-bond acceptors (Lipinski definition) is 10. The molecule has 2 aromatic carbocycles. The van der Waals surface area contributed by atoms with Gasteiger partial charge < -0.3 is 29.2 Å². The predicted molar refractivity (Wildman–Crippen MR) is 280 cm³/mol. The summed E-state index contributed by atoms with van der Waals surface area (Å²) in [5.41, 5.74) is 9.93. The lowest BCUT2D eigenvalue weighted by Gasteiger charge is -2.37. The van der Waals surface area contributed by atoms with E-state index in [0.29, 0.717) is 38.9 Å². The number of nitrogens with one attached hydrogen (secondary N) is 2. The van der Waals surface area contributed by atoms with Crippen molar-refractivity contribution in [1.82, 2.24) is 40.0 Å². The predicted octanol–water partition coefficient (Wildman–Crippen LogP) is 6.67. The van der Waals surface area contributed by atoms with Crippen molar-refractivity contribution in [2.75, 3.05) is 54.5 Å². The Morgan fingerprint density at radius 2 is 1.76 bits per heavy atom. The molecule has 0 saturated carbocycles. The number of ether oxygens (including phenoxy) is 2. The molecule has 3 aliphatic rings. The highest BCUT2D eigenvalue weighted by molar-refractivity contribution is 5.97. The van der Waals surface area contributed by atoms with Crippen LogP contribution in [-0.2, 0) is 52.8 Å². The van der Waals surface area contributed by atoms with Gasteiger partial charge in [0.05, 0.1) is 35.6 Å². The monoisotopic (exact) mass is 985 g/mol. The molecule has 5 heterocycles. The van der Waals surface area contributed by atoms with Crippen LogP contribution < -0.4 is 10.7 Å². The number of pyridine rings is 1. The van der Waals surface area contributed by atoms with Crippen LogP contribution in [-0.4, -0.2) is 137 Å². The van der Waals surface area contributed by atoms with Crippen LogP contribution in [0.3, 0.4) is 0 Å². The first kappa shape index (κ1) is 53.7. The van der Waals surface area contributed by atoms with Crippen LogP contribution >= 0.6 is 0 Å². The number of fused-ring (bicyclic) bond motifs is 6. The molecule has 7 rings (SSSR count). The quantitative estimate of drug-likeness (QED) is 0.130. The fourth-order valence-corrected chi connectivity index (χ4v) is 10.4. The van der Waals surface area contributed by atoms with E-state index < -0.39 is 52.8 Å². The standard InChI is InChI=1S/C57H76N8O7/c1-14-64-47-23-22-40-30-42(47)43(51(64)41-20-16-26-58-49(41)37(5)71-13)31-56(6,7)34-72-55(70)45-21-17-27-65(60-45)54(69)46(29-38-18-15-19-39(40)28-38)59-52(67)50(35(2)3)62(12)53(68)44-33-63(32-36(44)4)48(66)24-25-57(8,9)61(10)11/h15-16,18-20,22-23,26,28,30,35-37,44-46,50,60H,14,17,21,27,29,31-34H2,1-13H3,(H,59,67)/t36-,37-,44?,45-,46-,50-/m0/s1. The van der Waals surface area contributed by atoms with Crippen molar-refractivity contribution in [3.63, 3.8) is 0 Å². The average Bonchev–Trinajstić information content (AvgIpc) is 3.89. The maximum absolute atomic E-state index is 14.8. The number of rotatable bonds is 10. The number of cyclic esters (lactones) is 1. The van der Waals surface area contributed by atoms with Gasteiger partial charge in [-0.25, -0.2) is 5.43 Å². The van der Waals surface area contributed by atoms with Gasteiger partial charge in [0.15, 0.2) is 0 Å². The van der Waals surface area contributed by atoms with Gasteiger partial charge in [0.1, 0.15) is 18.1 Å². The molecule has 1 unspecified atom stereocenters. The normalized spacial score (nSPS) is 21.4. The summed E-state index contributed by atoms with van der Waals surface area (Å²) in [5, 5.41) is 5.61. The van der Waals surface area contributed by atoms with Gasteiger partial charge in [-0.2, -0.15) is 0 Å². The van der Waals surface area contributed by atoms with Crippen molar-refractivity contribution in [3.05, 3.63) is 77.6 Å². The second-order valence-electron chi connectivity index (χ2n) is 22.0. The Hall–Kier alpha value is -6.08. The summed E-state index contributed by atoms with van der Waals surface area (Å²) < 4.78 is 14.3. The molecule has 15 heteroatoms. The molecule has 15 nitrogen and oxygen atoms in total. The SMILES string of the molecule is CCn1c(-c2cccnc2[C@H](C)OC)c2c3cc(ccc31)-c1cccc(c1)C[C@H](NC(=O)[C@H](C(C)C)N(C)C(=O)C1CN(C(=O)C#CC(C)(C)N(C)C)C[C@@H]1C)C(=O)N1CCC[C@H](N1)C(=O)OCC(C)(C)C2. The number of likely N-dealkylation sites (tertiary alicyclic amines) is 1. The van der Waals surface area contributed by atoms with E-state index in [0.717, 1.165) is 50.1 Å². The van der Waals surface area contributed by atoms with E-state index >= 15 is 0 Å². The van der Waals surface area contributed by atoms with E-state index in [4.69, 9.17) is 14.5 Å². The second-order valence-corrected chi connectivity index (χ2v) is 22.0. The first-order valence-electron chi connectivity index (χ1n) is 25.6. The van der Waals surface area contributed by atoms with Crippen LogP contribution in [0.4, 0.5) is 0 Å². The van der Waals surface area contributed by atoms with Crippen molar-refractivity contribution in [2.24, 2.45) is 23.2 Å². The van der Waals surface area contributed by atoms with Crippen LogP contribution in [0.1, 0.15) is 98.1 Å². The zero-order valence-corrected chi connectivity index (χ0v) is 44.7. The molecular weight excluding hydrogens is 909 g/mol. The number of carbonyl (C=O) groups excluding carboxylic acids is 5. The largest absolute Gasteiger partial charge is 0.464 e. The molecule has 6 bridgehead atoms. The number of aromatic nitrogens is 2. The molecule has 3 aliphatic heterocycles. The van der Waals surface area contributed by atoms with Gasteiger partial charge in [-0.15, -0.1) is 0 Å². The Kier molecular flexibility index (Phi) is 16.4. The molecule has 4 aromatic rings. The van der Waals surface area contributed by atoms with E-state index in [1.54, 1.807) is 25.3 Å². The molecule has 2 aromatic heterocycles. The van der Waals surface area contributed by atoms with Gasteiger partial charge in [0, 0.05) is 74.8 Å². The van der Waals surface area contributed by atoms with Gasteiger partial charge in [-0.3, -0.25) is 38.9 Å². The Balaban J connectivity index is 1.24. The minimum absolute atomic E-state index is 0.130. The molecule has 72 heavy (non-hydrogen) atoms. The van der Waals surface area contributed by atoms with Crippen molar-refractivity contribution in [3.8, 4) is 34.2 Å². The molecule has 6 atom stereocenters. The molecule has 2 saturated heterocycles. The Morgan fingerprint density at radius 3 is 2.46 bits per heavy atom. The summed E-state index contributed by atoms with van der Waals surface area (Å²) in [4.78, 5) is 81.2. The number of amides is 4. The van der Waals surface area contributed by atoms with E-state index in [-0.39, 0.29) is 49.3 Å². The van der Waals surface area contributed by atoms with Crippen molar-refractivity contribution >= 4 is 40.5 Å². The van der Waals surface area contributed by atoms with Crippen molar-refractivity contribution < 1.29 is 33.4 Å². The van der Waals surface area contributed by atoms with Gasteiger partial charge >= 0.3 is 5.97 Å². The highest BCUT2D eigenvalue weighted by Gasteiger charge is 2.43. The molecule has 0 radical (unpaired) electrons. The van der Waals surface area contributed by atoms with Gasteiger partial charge in [-0.1, -0.05) is 70.9 Å². The summed E-state index contributed by atoms with van der Waals surface area (Å²) in [6.45, 7) is 19.6. The lowest BCUT2D eigenvalue weighted by atomic mass is 9.84. The van der Waals surface area contributed by atoms with E-state index in [1.165, 1.54) is 9.91 Å². The molecule has 386 valence electrons. The lowest BCUT2D eigenvalue weighted by molar-refractivity contribution is -0.155. The number of hydrazine groups is 1. The Morgan fingerprint density at radius 1 is 1.03 bits per heavy atom. The van der Waals surface area contributed by atoms with Gasteiger partial charge in [0.2, 0.25) is 11.8 Å². The van der Waals surface area contributed by atoms with E-state index in [9.17, 15) is 24.0 Å². The summed E-state index contributed by atoms with van der Waals surface area (Å²) in [6, 6.07) is 15.8. The van der Waals surface area contributed by atoms with Crippen LogP contribution in [0.15, 0.2) is 60.8 Å². The van der Waals surface area contributed by atoms with Gasteiger partial charge in [-0.05, 0) is 125 Å². The Bertz CT molecular complexity index is 2750. The topological polar surface area (TPSA) is 159 Å². The van der Waals surface area contributed by atoms with Crippen LogP contribution in [0.25, 0.3) is 33.3 Å². The molecule has 2 N–H and O–H groups in total. The first-order valence-corrected chi connectivity index (χ1v) is 25.6. The molecule has 2 fully saturated rings. The molecular formula is C57H76N8O7. The number of aryl methyl sites for hydroxylation is 1. The minimum Gasteiger partial charge on any atom is -0.464 e. The number of hydrogen-bond donors (Lipinski definition) is 2. The molecule has 0 spiro atoms. The number of esters is 1. The Labute approximate surface area is 426 Å². The molecule has 4 amide bonds. The third-order valence-electron chi connectivity index (χ3n) is 15.1. The zero-order valence-electron chi connectivity index (χ0n) is 44.7. The summed E-state index contributed by atoms with van der Waals surface area (Å²) in [7, 11) is 7.12. The van der Waals surface area contributed by atoms with Crippen molar-refractivity contribution in [2.45, 2.75) is 124 Å². The third kappa shape index (κ3) is 11.4. The van der Waals surface area contributed by atoms with Crippen molar-refractivity contribution in [1.29, 1.82) is 0 Å². The maximum atomic E-state index is 14.8. The smallest absolute Gasteiger partial charge is 0.324 e. The lowest BCUT2D eigenvalue weighted by Crippen LogP contribution is -2.62. The number of carbonyl (C=O) groups is 5. The van der Waals surface area contributed by atoms with Crippen LogP contribution in [0.2, 0.25) is 0 Å².